The van der Waals surface area contributed by atoms with Crippen molar-refractivity contribution in [3.05, 3.63) is 53.2 Å². The van der Waals surface area contributed by atoms with Gasteiger partial charge in [-0.2, -0.15) is 5.26 Å². The maximum absolute atomic E-state index is 12.9. The minimum absolute atomic E-state index is 0.0313. The van der Waals surface area contributed by atoms with E-state index in [0.717, 1.165) is 18.5 Å². The zero-order valence-corrected chi connectivity index (χ0v) is 15.7. The summed E-state index contributed by atoms with van der Waals surface area (Å²) in [6.07, 6.45) is 2.45. The highest BCUT2D eigenvalue weighted by atomic mass is 16.3. The molecule has 0 unspecified atom stereocenters. The molecule has 0 aliphatic carbocycles. The van der Waals surface area contributed by atoms with Gasteiger partial charge >= 0.3 is 0 Å². The number of anilines is 1. The van der Waals surface area contributed by atoms with Crippen molar-refractivity contribution in [1.29, 1.82) is 5.26 Å². The van der Waals surface area contributed by atoms with Crippen LogP contribution in [0.1, 0.15) is 47.7 Å². The molecule has 1 aliphatic rings. The molecule has 3 rings (SSSR count). The zero-order valence-electron chi connectivity index (χ0n) is 15.7. The van der Waals surface area contributed by atoms with Gasteiger partial charge in [0, 0.05) is 32.4 Å². The summed E-state index contributed by atoms with van der Waals surface area (Å²) >= 11 is 0. The molecule has 1 saturated heterocycles. The Morgan fingerprint density at radius 2 is 2.04 bits per heavy atom. The van der Waals surface area contributed by atoms with Crippen LogP contribution in [0.3, 0.4) is 0 Å². The smallest absolute Gasteiger partial charge is 0.257 e. The van der Waals surface area contributed by atoms with E-state index >= 15 is 0 Å². The number of phenolic OH excluding ortho intramolecular Hbond substituents is 1. The monoisotopic (exact) mass is 364 g/mol. The molecule has 6 nitrogen and oxygen atoms in total. The molecule has 27 heavy (non-hydrogen) atoms. The largest absolute Gasteiger partial charge is 0.507 e. The van der Waals surface area contributed by atoms with E-state index in [1.54, 1.807) is 35.4 Å². The Morgan fingerprint density at radius 1 is 1.22 bits per heavy atom. The lowest BCUT2D eigenvalue weighted by Gasteiger charge is -2.23. The van der Waals surface area contributed by atoms with Crippen molar-refractivity contribution in [3.8, 4) is 11.8 Å². The van der Waals surface area contributed by atoms with Crippen LogP contribution in [0.4, 0.5) is 5.82 Å². The summed E-state index contributed by atoms with van der Waals surface area (Å²) in [5, 5.41) is 19.6. The van der Waals surface area contributed by atoms with Gasteiger partial charge in [-0.3, -0.25) is 4.79 Å². The van der Waals surface area contributed by atoms with Gasteiger partial charge in [-0.05, 0) is 42.2 Å². The van der Waals surface area contributed by atoms with Gasteiger partial charge in [-0.25, -0.2) is 4.98 Å². The number of pyridine rings is 1. The molecular formula is C21H24N4O2. The highest BCUT2D eigenvalue weighted by molar-refractivity contribution is 5.97. The first kappa shape index (κ1) is 18.7. The van der Waals surface area contributed by atoms with Gasteiger partial charge in [0.2, 0.25) is 0 Å². The molecule has 0 spiro atoms. The third-order valence-corrected chi connectivity index (χ3v) is 4.91. The van der Waals surface area contributed by atoms with E-state index < -0.39 is 0 Å². The van der Waals surface area contributed by atoms with Crippen LogP contribution in [0.2, 0.25) is 0 Å². The Balaban J connectivity index is 1.74. The van der Waals surface area contributed by atoms with Crippen LogP contribution in [0.5, 0.6) is 5.75 Å². The number of aromatic nitrogens is 1. The van der Waals surface area contributed by atoms with E-state index in [4.69, 9.17) is 0 Å². The Morgan fingerprint density at radius 3 is 2.74 bits per heavy atom. The molecule has 1 aromatic carbocycles. The summed E-state index contributed by atoms with van der Waals surface area (Å²) in [5.41, 5.74) is 1.88. The van der Waals surface area contributed by atoms with E-state index in [-0.39, 0.29) is 11.7 Å². The fraction of sp³-hybridized carbons (Fsp3) is 0.381. The highest BCUT2D eigenvalue weighted by Gasteiger charge is 2.24. The molecule has 0 bridgehead atoms. The van der Waals surface area contributed by atoms with Gasteiger partial charge in [0.1, 0.15) is 17.6 Å². The molecule has 0 radical (unpaired) electrons. The van der Waals surface area contributed by atoms with Crippen molar-refractivity contribution in [2.24, 2.45) is 0 Å². The second-order valence-corrected chi connectivity index (χ2v) is 7.05. The van der Waals surface area contributed by atoms with Crippen molar-refractivity contribution >= 4 is 11.7 Å². The number of phenols is 1. The van der Waals surface area contributed by atoms with Gasteiger partial charge < -0.3 is 14.9 Å². The summed E-state index contributed by atoms with van der Waals surface area (Å²) in [7, 11) is 0. The van der Waals surface area contributed by atoms with Crippen molar-refractivity contribution < 1.29 is 9.90 Å². The van der Waals surface area contributed by atoms with Gasteiger partial charge in [-0.1, -0.05) is 19.9 Å². The van der Waals surface area contributed by atoms with Crippen LogP contribution < -0.4 is 4.90 Å². The van der Waals surface area contributed by atoms with Crippen molar-refractivity contribution in [1.82, 2.24) is 9.88 Å². The normalized spacial score (nSPS) is 14.7. The lowest BCUT2D eigenvalue weighted by molar-refractivity contribution is 0.0764. The van der Waals surface area contributed by atoms with Crippen LogP contribution in [-0.4, -0.2) is 47.1 Å². The fourth-order valence-corrected chi connectivity index (χ4v) is 3.33. The van der Waals surface area contributed by atoms with Crippen LogP contribution in [-0.2, 0) is 0 Å². The van der Waals surface area contributed by atoms with Crippen LogP contribution in [0.15, 0.2) is 36.5 Å². The number of nitriles is 1. The molecule has 1 N–H and O–H groups in total. The van der Waals surface area contributed by atoms with E-state index in [9.17, 15) is 15.2 Å². The molecule has 1 amide bonds. The lowest BCUT2D eigenvalue weighted by Crippen LogP contribution is -2.35. The number of aromatic hydroxyl groups is 1. The average molecular weight is 364 g/mol. The van der Waals surface area contributed by atoms with Crippen molar-refractivity contribution in [3.63, 3.8) is 0 Å². The van der Waals surface area contributed by atoms with Gasteiger partial charge in [-0.15, -0.1) is 0 Å². The second-order valence-electron chi connectivity index (χ2n) is 7.05. The van der Waals surface area contributed by atoms with Crippen molar-refractivity contribution in [2.45, 2.75) is 26.2 Å². The first-order valence-corrected chi connectivity index (χ1v) is 9.23. The van der Waals surface area contributed by atoms with E-state index in [1.165, 1.54) is 0 Å². The van der Waals surface area contributed by atoms with Gasteiger partial charge in [0.05, 0.1) is 11.1 Å². The van der Waals surface area contributed by atoms with E-state index in [1.807, 2.05) is 24.8 Å². The number of benzene rings is 1. The van der Waals surface area contributed by atoms with E-state index in [0.29, 0.717) is 42.5 Å². The molecule has 1 fully saturated rings. The number of rotatable bonds is 3. The SMILES string of the molecule is CC(C)c1ccc(C(=O)N2CCCN(c3ncccc3C#N)CC2)c(O)c1. The molecule has 1 aromatic heterocycles. The number of carbonyl (C=O) groups is 1. The maximum atomic E-state index is 12.9. The van der Waals surface area contributed by atoms with Gasteiger partial charge in [0.25, 0.3) is 5.91 Å². The number of amides is 1. The molecule has 0 atom stereocenters. The minimum atomic E-state index is -0.161. The quantitative estimate of drug-likeness (QED) is 0.905. The first-order valence-electron chi connectivity index (χ1n) is 9.23. The number of carbonyl (C=O) groups excluding carboxylic acids is 1. The Labute approximate surface area is 159 Å². The first-order chi connectivity index (χ1) is 13.0. The Kier molecular flexibility index (Phi) is 5.60. The molecule has 0 saturated carbocycles. The topological polar surface area (TPSA) is 80.5 Å². The van der Waals surface area contributed by atoms with Crippen LogP contribution in [0, 0.1) is 11.3 Å². The summed E-state index contributed by atoms with van der Waals surface area (Å²) in [6.45, 7) is 6.55. The molecule has 1 aliphatic heterocycles. The third kappa shape index (κ3) is 4.03. The maximum Gasteiger partial charge on any atom is 0.257 e. The van der Waals surface area contributed by atoms with Crippen LogP contribution >= 0.6 is 0 Å². The number of hydrogen-bond acceptors (Lipinski definition) is 5. The van der Waals surface area contributed by atoms with E-state index in [2.05, 4.69) is 11.1 Å². The van der Waals surface area contributed by atoms with Gasteiger partial charge in [0.15, 0.2) is 0 Å². The number of hydrogen-bond donors (Lipinski definition) is 1. The summed E-state index contributed by atoms with van der Waals surface area (Å²) < 4.78 is 0. The molecular weight excluding hydrogens is 340 g/mol. The second kappa shape index (κ2) is 8.09. The lowest BCUT2D eigenvalue weighted by atomic mass is 10.0. The predicted molar refractivity (Wildman–Crippen MR) is 104 cm³/mol. The standard InChI is InChI=1S/C21H24N4O2/c1-15(2)16-6-7-18(19(26)13-16)21(27)25-10-4-9-24(11-12-25)20-17(14-22)5-3-8-23-20/h3,5-8,13,15,26H,4,9-12H2,1-2H3. The molecule has 2 heterocycles. The number of nitrogens with zero attached hydrogens (tertiary/aromatic N) is 4. The minimum Gasteiger partial charge on any atom is -0.507 e. The fourth-order valence-electron chi connectivity index (χ4n) is 3.33. The summed E-state index contributed by atoms with van der Waals surface area (Å²) in [4.78, 5) is 21.1. The molecule has 6 heteroatoms. The van der Waals surface area contributed by atoms with Crippen LogP contribution in [0.25, 0.3) is 0 Å². The van der Waals surface area contributed by atoms with Crippen molar-refractivity contribution in [2.75, 3.05) is 31.1 Å². The summed E-state index contributed by atoms with van der Waals surface area (Å²) in [5.74, 6) is 0.827. The molecule has 2 aromatic rings. The predicted octanol–water partition coefficient (Wildman–Crippen LogP) is 3.13. The third-order valence-electron chi connectivity index (χ3n) is 4.91. The Bertz CT molecular complexity index is 873. The zero-order chi connectivity index (χ0) is 19.4. The summed E-state index contributed by atoms with van der Waals surface area (Å²) in [6, 6.07) is 11.0. The molecule has 140 valence electrons. The Hall–Kier alpha value is -3.07. The average Bonchev–Trinajstić information content (AvgIpc) is 2.93. The highest BCUT2D eigenvalue weighted by Crippen LogP contribution is 2.26.